The molecular weight excluding hydrogens is 136 g/mol. The minimum absolute atomic E-state index is 0.00913. The lowest BCUT2D eigenvalue weighted by Gasteiger charge is -1.86. The summed E-state index contributed by atoms with van der Waals surface area (Å²) in [6.07, 6.45) is 8.56. The average molecular weight is 152 g/mol. The Labute approximate surface area is 69.1 Å². The molecule has 0 atom stereocenters. The van der Waals surface area contributed by atoms with Crippen LogP contribution < -0.4 is 0 Å². The van der Waals surface area contributed by atoms with Crippen LogP contribution in [-0.4, -0.2) is 11.7 Å². The Bertz CT molecular complexity index is 148. The first-order valence-electron chi connectivity index (χ1n) is 4.13. The Kier molecular flexibility index (Phi) is 8.64. The van der Waals surface area contributed by atoms with Gasteiger partial charge in [0.05, 0.1) is 0 Å². The van der Waals surface area contributed by atoms with Gasteiger partial charge in [-0.1, -0.05) is 25.0 Å². The van der Waals surface area contributed by atoms with E-state index in [2.05, 4.69) is 30.9 Å². The fraction of sp³-hybridized carbons (Fsp3) is 0.600. The Morgan fingerprint density at radius 2 is 2.09 bits per heavy atom. The second kappa shape index (κ2) is 9.26. The molecule has 1 nitrogen and oxygen atoms in total. The van der Waals surface area contributed by atoms with Crippen LogP contribution in [0.2, 0.25) is 0 Å². The van der Waals surface area contributed by atoms with Crippen LogP contribution in [0.1, 0.15) is 32.6 Å². The molecule has 0 amide bonds. The summed E-state index contributed by atoms with van der Waals surface area (Å²) in [5, 5.41) is 8.32. The van der Waals surface area contributed by atoms with Gasteiger partial charge in [0.25, 0.3) is 0 Å². The molecule has 0 radical (unpaired) electrons. The third-order valence-corrected chi connectivity index (χ3v) is 1.28. The van der Waals surface area contributed by atoms with Crippen molar-refractivity contribution in [2.75, 3.05) is 6.61 Å². The summed E-state index contributed by atoms with van der Waals surface area (Å²) in [7, 11) is 0. The van der Waals surface area contributed by atoms with Gasteiger partial charge in [-0.15, -0.1) is 5.92 Å². The summed E-state index contributed by atoms with van der Waals surface area (Å²) >= 11 is 0. The molecule has 0 aromatic rings. The molecule has 0 saturated heterocycles. The van der Waals surface area contributed by atoms with Crippen molar-refractivity contribution >= 4 is 0 Å². The molecular formula is C10H16O. The van der Waals surface area contributed by atoms with E-state index in [4.69, 9.17) is 5.11 Å². The molecule has 0 saturated carbocycles. The Balaban J connectivity index is 3.08. The molecule has 11 heavy (non-hydrogen) atoms. The number of allylic oxidation sites excluding steroid dienone is 2. The number of rotatable bonds is 4. The van der Waals surface area contributed by atoms with Crippen LogP contribution in [0, 0.1) is 11.8 Å². The highest BCUT2D eigenvalue weighted by atomic mass is 16.2. The molecule has 0 aliphatic rings. The number of hydrogen-bond acceptors (Lipinski definition) is 1. The maximum Gasteiger partial charge on any atom is 0.104 e. The van der Waals surface area contributed by atoms with Crippen molar-refractivity contribution in [2.24, 2.45) is 0 Å². The maximum absolute atomic E-state index is 8.32. The fourth-order valence-electron chi connectivity index (χ4n) is 0.737. The first-order chi connectivity index (χ1) is 5.41. The minimum Gasteiger partial charge on any atom is -0.384 e. The molecule has 0 aromatic heterocycles. The minimum atomic E-state index is -0.00913. The lowest BCUT2D eigenvalue weighted by molar-refractivity contribution is 0.350. The van der Waals surface area contributed by atoms with Crippen molar-refractivity contribution < 1.29 is 5.11 Å². The number of unbranched alkanes of at least 4 members (excludes halogenated alkanes) is 2. The highest BCUT2D eigenvalue weighted by molar-refractivity contribution is 4.98. The fourth-order valence-corrected chi connectivity index (χ4v) is 0.737. The van der Waals surface area contributed by atoms with E-state index in [1.54, 1.807) is 0 Å². The molecule has 0 fully saturated rings. The number of hydrogen-bond donors (Lipinski definition) is 1. The van der Waals surface area contributed by atoms with Crippen LogP contribution in [0.3, 0.4) is 0 Å². The monoisotopic (exact) mass is 152 g/mol. The standard InChI is InChI=1S/C10H16O/c1-2-3-4-5-6-7-8-9-10-11/h3-4,11H,2,5-7,10H2,1H3/b4-3+. The van der Waals surface area contributed by atoms with E-state index >= 15 is 0 Å². The molecule has 0 aliphatic heterocycles. The van der Waals surface area contributed by atoms with Gasteiger partial charge >= 0.3 is 0 Å². The van der Waals surface area contributed by atoms with Crippen LogP contribution >= 0.6 is 0 Å². The van der Waals surface area contributed by atoms with Crippen molar-refractivity contribution in [2.45, 2.75) is 32.6 Å². The zero-order valence-electron chi connectivity index (χ0n) is 7.14. The first-order valence-corrected chi connectivity index (χ1v) is 4.13. The molecule has 1 heteroatoms. The summed E-state index contributed by atoms with van der Waals surface area (Å²) < 4.78 is 0. The van der Waals surface area contributed by atoms with Gasteiger partial charge in [0.15, 0.2) is 0 Å². The summed E-state index contributed by atoms with van der Waals surface area (Å²) in [4.78, 5) is 0. The number of aliphatic hydroxyl groups is 1. The van der Waals surface area contributed by atoms with Gasteiger partial charge in [-0.25, -0.2) is 0 Å². The molecule has 0 unspecified atom stereocenters. The molecule has 62 valence electrons. The van der Waals surface area contributed by atoms with E-state index in [1.165, 1.54) is 0 Å². The Hall–Kier alpha value is -0.740. The van der Waals surface area contributed by atoms with Crippen molar-refractivity contribution in [3.8, 4) is 11.8 Å². The van der Waals surface area contributed by atoms with Gasteiger partial charge in [0.2, 0.25) is 0 Å². The largest absolute Gasteiger partial charge is 0.384 e. The Morgan fingerprint density at radius 3 is 2.73 bits per heavy atom. The second-order valence-electron chi connectivity index (χ2n) is 2.28. The van der Waals surface area contributed by atoms with Gasteiger partial charge in [0, 0.05) is 6.42 Å². The van der Waals surface area contributed by atoms with Crippen LogP contribution in [0.4, 0.5) is 0 Å². The zero-order valence-corrected chi connectivity index (χ0v) is 7.14. The smallest absolute Gasteiger partial charge is 0.104 e. The lowest BCUT2D eigenvalue weighted by Crippen LogP contribution is -1.73. The van der Waals surface area contributed by atoms with Crippen LogP contribution in [0.15, 0.2) is 12.2 Å². The molecule has 1 N–H and O–H groups in total. The third-order valence-electron chi connectivity index (χ3n) is 1.28. The summed E-state index contributed by atoms with van der Waals surface area (Å²) in [6, 6.07) is 0. The third kappa shape index (κ3) is 9.26. The van der Waals surface area contributed by atoms with Crippen molar-refractivity contribution in [1.29, 1.82) is 0 Å². The number of aliphatic hydroxyl groups excluding tert-OH is 1. The van der Waals surface area contributed by atoms with Crippen molar-refractivity contribution in [3.63, 3.8) is 0 Å². The van der Waals surface area contributed by atoms with E-state index in [0.717, 1.165) is 25.7 Å². The predicted molar refractivity (Wildman–Crippen MR) is 48.1 cm³/mol. The second-order valence-corrected chi connectivity index (χ2v) is 2.28. The molecule has 0 aromatic carbocycles. The van der Waals surface area contributed by atoms with Crippen LogP contribution in [0.5, 0.6) is 0 Å². The van der Waals surface area contributed by atoms with E-state index in [0.29, 0.717) is 0 Å². The van der Waals surface area contributed by atoms with Gasteiger partial charge in [-0.3, -0.25) is 0 Å². The van der Waals surface area contributed by atoms with Crippen molar-refractivity contribution in [3.05, 3.63) is 12.2 Å². The quantitative estimate of drug-likeness (QED) is 0.371. The van der Waals surface area contributed by atoms with Gasteiger partial charge < -0.3 is 5.11 Å². The van der Waals surface area contributed by atoms with E-state index in [-0.39, 0.29) is 6.61 Å². The summed E-state index contributed by atoms with van der Waals surface area (Å²) in [5.41, 5.74) is 0. The van der Waals surface area contributed by atoms with E-state index < -0.39 is 0 Å². The van der Waals surface area contributed by atoms with E-state index in [1.807, 2.05) is 0 Å². The average Bonchev–Trinajstić information content (AvgIpc) is 2.03. The van der Waals surface area contributed by atoms with E-state index in [9.17, 15) is 0 Å². The first kappa shape index (κ1) is 10.3. The summed E-state index contributed by atoms with van der Waals surface area (Å²) in [6.45, 7) is 2.12. The normalized spacial score (nSPS) is 9.64. The Morgan fingerprint density at radius 1 is 1.27 bits per heavy atom. The molecule has 0 spiro atoms. The SMILES string of the molecule is CC/C=C/CCCC#CCO. The summed E-state index contributed by atoms with van der Waals surface area (Å²) in [5.74, 6) is 5.50. The molecule has 0 aliphatic carbocycles. The predicted octanol–water partition coefficient (Wildman–Crippen LogP) is 2.12. The van der Waals surface area contributed by atoms with Gasteiger partial charge in [-0.05, 0) is 19.3 Å². The lowest BCUT2D eigenvalue weighted by atomic mass is 10.2. The highest BCUT2D eigenvalue weighted by Crippen LogP contribution is 1.95. The highest BCUT2D eigenvalue weighted by Gasteiger charge is 1.78. The maximum atomic E-state index is 8.32. The van der Waals surface area contributed by atoms with Crippen molar-refractivity contribution in [1.82, 2.24) is 0 Å². The molecule has 0 bridgehead atoms. The van der Waals surface area contributed by atoms with Crippen LogP contribution in [0.25, 0.3) is 0 Å². The van der Waals surface area contributed by atoms with Gasteiger partial charge in [-0.2, -0.15) is 0 Å². The van der Waals surface area contributed by atoms with Crippen LogP contribution in [-0.2, 0) is 0 Å². The topological polar surface area (TPSA) is 20.2 Å². The zero-order chi connectivity index (χ0) is 8.36. The molecule has 0 rings (SSSR count). The van der Waals surface area contributed by atoms with Gasteiger partial charge in [0.1, 0.15) is 6.61 Å². The molecule has 0 heterocycles.